The number of pyridine rings is 1. The van der Waals surface area contributed by atoms with Crippen LogP contribution >= 0.6 is 0 Å². The molecule has 6 heteroatoms. The van der Waals surface area contributed by atoms with Gasteiger partial charge >= 0.3 is 5.97 Å². The van der Waals surface area contributed by atoms with Gasteiger partial charge in [-0.25, -0.2) is 4.98 Å². The lowest BCUT2D eigenvalue weighted by Gasteiger charge is -2.10. The number of hydrogen-bond acceptors (Lipinski definition) is 5. The average molecular weight is 236 g/mol. The summed E-state index contributed by atoms with van der Waals surface area (Å²) in [6.07, 6.45) is 0.912. The Bertz CT molecular complexity index is 428. The average Bonchev–Trinajstić information content (AvgIpc) is 2.26. The van der Waals surface area contributed by atoms with Crippen LogP contribution < -0.4 is 5.32 Å². The quantitative estimate of drug-likeness (QED) is 0.618. The molecule has 0 bridgehead atoms. The standard InChI is InChI=1S/C11H12N2O4/c1-7(15)13-11-4-3-9(5-12-11)10(6-14)17-8(2)16/h3-6,10H,1-2H3,(H,12,13,15). The van der Waals surface area contributed by atoms with E-state index in [9.17, 15) is 14.4 Å². The number of hydrogen-bond donors (Lipinski definition) is 1. The summed E-state index contributed by atoms with van der Waals surface area (Å²) in [6.45, 7) is 2.58. The van der Waals surface area contributed by atoms with Crippen molar-refractivity contribution in [2.24, 2.45) is 0 Å². The van der Waals surface area contributed by atoms with Crippen LogP contribution in [-0.4, -0.2) is 23.1 Å². The molecule has 0 aliphatic carbocycles. The molecule has 1 N–H and O–H groups in total. The van der Waals surface area contributed by atoms with Crippen LogP contribution in [0.25, 0.3) is 0 Å². The molecule has 1 atom stereocenters. The Hall–Kier alpha value is -2.24. The molecule has 0 aromatic carbocycles. The second kappa shape index (κ2) is 5.74. The van der Waals surface area contributed by atoms with E-state index in [1.165, 1.54) is 26.1 Å². The topological polar surface area (TPSA) is 85.4 Å². The third kappa shape index (κ3) is 4.02. The van der Waals surface area contributed by atoms with E-state index in [4.69, 9.17) is 4.74 Å². The highest BCUT2D eigenvalue weighted by Crippen LogP contribution is 2.15. The Kier molecular flexibility index (Phi) is 4.33. The molecular formula is C11H12N2O4. The predicted molar refractivity (Wildman–Crippen MR) is 59.1 cm³/mol. The van der Waals surface area contributed by atoms with E-state index in [0.717, 1.165) is 0 Å². The first-order chi connectivity index (χ1) is 8.02. The second-order valence-corrected chi connectivity index (χ2v) is 3.32. The van der Waals surface area contributed by atoms with Crippen molar-refractivity contribution in [3.8, 4) is 0 Å². The summed E-state index contributed by atoms with van der Waals surface area (Å²) in [6, 6.07) is 3.08. The highest BCUT2D eigenvalue weighted by molar-refractivity contribution is 5.87. The molecule has 17 heavy (non-hydrogen) atoms. The van der Waals surface area contributed by atoms with Crippen molar-refractivity contribution in [1.29, 1.82) is 0 Å². The molecule has 1 aromatic rings. The number of aromatic nitrogens is 1. The van der Waals surface area contributed by atoms with Gasteiger partial charge in [-0.3, -0.25) is 14.4 Å². The molecule has 1 unspecified atom stereocenters. The minimum absolute atomic E-state index is 0.239. The molecule has 1 amide bonds. The second-order valence-electron chi connectivity index (χ2n) is 3.32. The summed E-state index contributed by atoms with van der Waals surface area (Å²) < 4.78 is 4.77. The Morgan fingerprint density at radius 1 is 1.41 bits per heavy atom. The van der Waals surface area contributed by atoms with Crippen molar-refractivity contribution < 1.29 is 19.1 Å². The van der Waals surface area contributed by atoms with E-state index >= 15 is 0 Å². The van der Waals surface area contributed by atoms with Crippen molar-refractivity contribution >= 4 is 24.0 Å². The normalized spacial score (nSPS) is 11.4. The summed E-state index contributed by atoms with van der Waals surface area (Å²) in [5.41, 5.74) is 0.448. The number of carbonyl (C=O) groups excluding carboxylic acids is 3. The molecule has 0 aliphatic rings. The molecule has 6 nitrogen and oxygen atoms in total. The fourth-order valence-electron chi connectivity index (χ4n) is 1.18. The molecule has 1 rings (SSSR count). The first-order valence-electron chi connectivity index (χ1n) is 4.89. The lowest BCUT2D eigenvalue weighted by Crippen LogP contribution is -2.11. The number of nitrogens with zero attached hydrogens (tertiary/aromatic N) is 1. The third-order valence-electron chi connectivity index (χ3n) is 1.84. The van der Waals surface area contributed by atoms with Crippen LogP contribution in [0.5, 0.6) is 0 Å². The van der Waals surface area contributed by atoms with Crippen molar-refractivity contribution in [3.05, 3.63) is 23.9 Å². The lowest BCUT2D eigenvalue weighted by atomic mass is 10.2. The number of rotatable bonds is 4. The van der Waals surface area contributed by atoms with Crippen LogP contribution in [0.15, 0.2) is 18.3 Å². The Morgan fingerprint density at radius 2 is 2.12 bits per heavy atom. The Balaban J connectivity index is 2.81. The minimum atomic E-state index is -0.966. The molecule has 0 aliphatic heterocycles. The molecule has 0 fully saturated rings. The van der Waals surface area contributed by atoms with Crippen LogP contribution in [0.4, 0.5) is 5.82 Å². The molecule has 1 aromatic heterocycles. The van der Waals surface area contributed by atoms with Gasteiger partial charge in [-0.15, -0.1) is 0 Å². The highest BCUT2D eigenvalue weighted by Gasteiger charge is 2.13. The molecule has 90 valence electrons. The van der Waals surface area contributed by atoms with Gasteiger partial charge in [0.05, 0.1) is 0 Å². The van der Waals surface area contributed by atoms with Crippen molar-refractivity contribution in [3.63, 3.8) is 0 Å². The van der Waals surface area contributed by atoms with E-state index in [-0.39, 0.29) is 5.91 Å². The fraction of sp³-hybridized carbons (Fsp3) is 0.273. The van der Waals surface area contributed by atoms with Gasteiger partial charge in [0.1, 0.15) is 5.82 Å². The summed E-state index contributed by atoms with van der Waals surface area (Å²) in [7, 11) is 0. The summed E-state index contributed by atoms with van der Waals surface area (Å²) in [5.74, 6) is -0.418. The van der Waals surface area contributed by atoms with Gasteiger partial charge in [0, 0.05) is 25.6 Å². The highest BCUT2D eigenvalue weighted by atomic mass is 16.5. The molecule has 0 saturated heterocycles. The van der Waals surface area contributed by atoms with Crippen LogP contribution in [0.1, 0.15) is 25.5 Å². The van der Waals surface area contributed by atoms with E-state index in [2.05, 4.69) is 10.3 Å². The number of nitrogens with one attached hydrogen (secondary N) is 1. The third-order valence-corrected chi connectivity index (χ3v) is 1.84. The first kappa shape index (κ1) is 12.8. The number of carbonyl (C=O) groups is 3. The molecule has 1 heterocycles. The van der Waals surface area contributed by atoms with Gasteiger partial charge in [-0.05, 0) is 12.1 Å². The molecule has 0 spiro atoms. The predicted octanol–water partition coefficient (Wildman–Crippen LogP) is 0.843. The van der Waals surface area contributed by atoms with Crippen LogP contribution in [-0.2, 0) is 19.1 Å². The van der Waals surface area contributed by atoms with E-state index in [0.29, 0.717) is 17.7 Å². The number of amides is 1. The molecular weight excluding hydrogens is 224 g/mol. The number of esters is 1. The minimum Gasteiger partial charge on any atom is -0.450 e. The molecule has 0 radical (unpaired) electrons. The van der Waals surface area contributed by atoms with Gasteiger partial charge in [-0.1, -0.05) is 0 Å². The van der Waals surface area contributed by atoms with Gasteiger partial charge in [-0.2, -0.15) is 0 Å². The van der Waals surface area contributed by atoms with Crippen LogP contribution in [0.3, 0.4) is 0 Å². The Morgan fingerprint density at radius 3 is 2.53 bits per heavy atom. The van der Waals surface area contributed by atoms with E-state index in [1.54, 1.807) is 6.07 Å². The maximum absolute atomic E-state index is 10.8. The van der Waals surface area contributed by atoms with Crippen molar-refractivity contribution in [1.82, 2.24) is 4.98 Å². The summed E-state index contributed by atoms with van der Waals surface area (Å²) >= 11 is 0. The van der Waals surface area contributed by atoms with Crippen LogP contribution in [0.2, 0.25) is 0 Å². The number of ether oxygens (including phenoxy) is 1. The maximum Gasteiger partial charge on any atom is 0.303 e. The number of anilines is 1. The van der Waals surface area contributed by atoms with Gasteiger partial charge in [0.15, 0.2) is 12.4 Å². The zero-order valence-corrected chi connectivity index (χ0v) is 9.47. The van der Waals surface area contributed by atoms with Crippen LogP contribution in [0, 0.1) is 0 Å². The van der Waals surface area contributed by atoms with E-state index in [1.807, 2.05) is 0 Å². The SMILES string of the molecule is CC(=O)Nc1ccc(C(C=O)OC(C)=O)cn1. The van der Waals surface area contributed by atoms with Gasteiger partial charge < -0.3 is 10.1 Å². The largest absolute Gasteiger partial charge is 0.450 e. The fourth-order valence-corrected chi connectivity index (χ4v) is 1.18. The van der Waals surface area contributed by atoms with Crippen molar-refractivity contribution in [2.45, 2.75) is 20.0 Å². The summed E-state index contributed by atoms with van der Waals surface area (Å²) in [5, 5.41) is 2.48. The number of aldehydes is 1. The lowest BCUT2D eigenvalue weighted by molar-refractivity contribution is -0.149. The smallest absolute Gasteiger partial charge is 0.303 e. The van der Waals surface area contributed by atoms with Crippen molar-refractivity contribution in [2.75, 3.05) is 5.32 Å². The zero-order chi connectivity index (χ0) is 12.8. The van der Waals surface area contributed by atoms with E-state index < -0.39 is 12.1 Å². The van der Waals surface area contributed by atoms with Gasteiger partial charge in [0.2, 0.25) is 5.91 Å². The summed E-state index contributed by atoms with van der Waals surface area (Å²) in [4.78, 5) is 36.1. The monoisotopic (exact) mass is 236 g/mol. The molecule has 0 saturated carbocycles. The zero-order valence-electron chi connectivity index (χ0n) is 9.47. The first-order valence-corrected chi connectivity index (χ1v) is 4.89. The van der Waals surface area contributed by atoms with Gasteiger partial charge in [0.25, 0.3) is 0 Å². The Labute approximate surface area is 98.0 Å². The maximum atomic E-state index is 10.8.